The number of aliphatic carboxylic acids is 1. The summed E-state index contributed by atoms with van der Waals surface area (Å²) in [5.41, 5.74) is 21.5. The van der Waals surface area contributed by atoms with Gasteiger partial charge in [0, 0.05) is 31.9 Å². The van der Waals surface area contributed by atoms with Crippen LogP contribution in [-0.4, -0.2) is 208 Å². The highest BCUT2D eigenvalue weighted by Crippen LogP contribution is 2.27. The molecule has 12 atom stereocenters. The second-order valence-electron chi connectivity index (χ2n) is 19.2. The van der Waals surface area contributed by atoms with Crippen LogP contribution in [0.4, 0.5) is 0 Å². The summed E-state index contributed by atoms with van der Waals surface area (Å²) in [6.07, 6.45) is 2.15. The largest absolute Gasteiger partial charge is 0.480 e. The van der Waals surface area contributed by atoms with E-state index in [9.17, 15) is 63.3 Å². The predicted molar refractivity (Wildman–Crippen MR) is 279 cm³/mol. The van der Waals surface area contributed by atoms with Gasteiger partial charge >= 0.3 is 5.97 Å². The summed E-state index contributed by atoms with van der Waals surface area (Å²) in [5.74, 6) is -9.33. The highest BCUT2D eigenvalue weighted by Gasteiger charge is 2.45. The Labute approximate surface area is 446 Å². The van der Waals surface area contributed by atoms with Crippen LogP contribution in [0.2, 0.25) is 0 Å². The number of likely N-dealkylation sites (tertiary alicyclic amines) is 2. The lowest BCUT2D eigenvalue weighted by Crippen LogP contribution is -2.62. The fourth-order valence-electron chi connectivity index (χ4n) is 8.86. The zero-order valence-corrected chi connectivity index (χ0v) is 44.5. The number of aliphatic imine (C=N–C) groups is 2. The van der Waals surface area contributed by atoms with Gasteiger partial charge < -0.3 is 90.6 Å². The molecule has 0 aromatic rings. The third-order valence-corrected chi connectivity index (χ3v) is 13.8. The Balaban J connectivity index is 1.65. The zero-order chi connectivity index (χ0) is 56.8. The van der Waals surface area contributed by atoms with E-state index in [1.807, 2.05) is 0 Å². The molecule has 76 heavy (non-hydrogen) atoms. The average Bonchev–Trinajstić information content (AvgIpc) is 4.20. The highest BCUT2D eigenvalue weighted by atomic mass is 32.1. The minimum absolute atomic E-state index is 0.0213. The summed E-state index contributed by atoms with van der Waals surface area (Å²) in [5, 5.41) is 51.0. The number of carbonyl (C=O) groups excluding carboxylic acids is 9. The molecule has 3 rings (SSSR count). The van der Waals surface area contributed by atoms with E-state index in [1.165, 1.54) is 23.6 Å². The van der Waals surface area contributed by atoms with Crippen molar-refractivity contribution < 1.29 is 63.3 Å². The molecule has 3 saturated heterocycles. The van der Waals surface area contributed by atoms with Gasteiger partial charge in [-0.25, -0.2) is 4.79 Å². The molecule has 3 heterocycles. The minimum atomic E-state index is -1.69. The second kappa shape index (κ2) is 31.5. The number of carbonyl (C=O) groups is 10. The van der Waals surface area contributed by atoms with Crippen LogP contribution >= 0.6 is 12.6 Å². The Hall–Kier alpha value is -6.53. The van der Waals surface area contributed by atoms with Crippen molar-refractivity contribution in [2.45, 2.75) is 165 Å². The molecule has 0 aromatic carbocycles. The van der Waals surface area contributed by atoms with Crippen LogP contribution in [0, 0.1) is 5.92 Å². The van der Waals surface area contributed by atoms with E-state index in [1.54, 1.807) is 13.8 Å². The van der Waals surface area contributed by atoms with Gasteiger partial charge in [0.25, 0.3) is 0 Å². The number of carboxylic acid groups (broad SMARTS) is 1. The maximum Gasteiger partial charge on any atom is 0.326 e. The quantitative estimate of drug-likeness (QED) is 0.0138. The standard InChI is InChI=1S/C46H80N16O13S/c1-5-23(2)33(43(73)62-20-10-15-32(62)42(72)61-19-9-14-31(61)40(70)56-28(44(74)75)13-8-18-53-46(49)50)59-38(68)29(21-63)57-35(65)24(3)54-41(71)34(25(4)64)60-39(69)30(22-76)58-37(67)27(12-7-17-52-45(47)48)55-36(66)26-11-6-16-51-26/h23-34,51,63-64,76H,5-22H2,1-4H3,(H,54,71)(H,55,66)(H,56,70)(H,57,65)(H,58,67)(H,59,68)(H,60,69)(H,74,75)(H4,47,48,52)(H4,49,50,53)/t23-,24-,25+,26-,27-,28-,29-,30-,31-,32-,33-,34-/m0/s1. The molecular formula is C46H80N16O13S. The topological polar surface area (TPSA) is 463 Å². The van der Waals surface area contributed by atoms with Crippen LogP contribution in [0.5, 0.6) is 0 Å². The number of amides is 9. The molecule has 428 valence electrons. The lowest BCUT2D eigenvalue weighted by molar-refractivity contribution is -0.149. The number of rotatable bonds is 30. The van der Waals surface area contributed by atoms with E-state index in [0.717, 1.165) is 6.42 Å². The number of nitrogens with two attached hydrogens (primary N) is 4. The molecule has 0 unspecified atom stereocenters. The van der Waals surface area contributed by atoms with Gasteiger partial charge in [-0.15, -0.1) is 0 Å². The van der Waals surface area contributed by atoms with Crippen molar-refractivity contribution in [1.29, 1.82) is 0 Å². The summed E-state index contributed by atoms with van der Waals surface area (Å²) in [4.78, 5) is 145. The third kappa shape index (κ3) is 19.2. The molecule has 9 amide bonds. The third-order valence-electron chi connectivity index (χ3n) is 13.4. The van der Waals surface area contributed by atoms with Gasteiger partial charge in [0.15, 0.2) is 11.9 Å². The first-order valence-electron chi connectivity index (χ1n) is 25.7. The molecular weight excluding hydrogens is 1020 g/mol. The minimum Gasteiger partial charge on any atom is -0.480 e. The molecule has 0 bridgehead atoms. The molecule has 0 spiro atoms. The first-order chi connectivity index (χ1) is 35.9. The first kappa shape index (κ1) is 63.8. The van der Waals surface area contributed by atoms with Gasteiger partial charge in [-0.1, -0.05) is 20.3 Å². The number of aliphatic hydroxyl groups excluding tert-OH is 2. The Morgan fingerprint density at radius 2 is 1.18 bits per heavy atom. The number of guanidine groups is 2. The maximum atomic E-state index is 14.3. The molecule has 0 aromatic heterocycles. The fourth-order valence-corrected chi connectivity index (χ4v) is 9.12. The Kier molecular flexibility index (Phi) is 26.4. The predicted octanol–water partition coefficient (Wildman–Crippen LogP) is -6.33. The molecule has 0 saturated carbocycles. The maximum absolute atomic E-state index is 14.3. The molecule has 29 nitrogen and oxygen atoms in total. The number of thiol groups is 1. The lowest BCUT2D eigenvalue weighted by Gasteiger charge is -2.35. The second-order valence-corrected chi connectivity index (χ2v) is 19.6. The van der Waals surface area contributed by atoms with Crippen LogP contribution < -0.4 is 65.5 Å². The van der Waals surface area contributed by atoms with Crippen LogP contribution in [0.15, 0.2) is 9.98 Å². The summed E-state index contributed by atoms with van der Waals surface area (Å²) < 4.78 is 0. The van der Waals surface area contributed by atoms with Crippen LogP contribution in [-0.2, 0) is 47.9 Å². The molecule has 30 heteroatoms. The van der Waals surface area contributed by atoms with Crippen LogP contribution in [0.3, 0.4) is 0 Å². The number of nitrogens with one attached hydrogen (secondary N) is 8. The summed E-state index contributed by atoms with van der Waals surface area (Å²) >= 11 is 4.19. The van der Waals surface area contributed by atoms with E-state index >= 15 is 0 Å². The SMILES string of the molecule is CC[C@H](C)[C@H](NC(=O)[C@H](CO)NC(=O)[C@H](C)NC(=O)[C@@H](NC(=O)[C@H](CS)NC(=O)[C@H](CCCN=C(N)N)NC(=O)[C@@H]1CCCN1)[C@@H](C)O)C(=O)N1CCC[C@H]1C(=O)N1CCC[C@H]1C(=O)N[C@@H](CCCN=C(N)N)C(=O)O. The average molecular weight is 1100 g/mol. The van der Waals surface area contributed by atoms with Crippen molar-refractivity contribution in [3.8, 4) is 0 Å². The van der Waals surface area contributed by atoms with Gasteiger partial charge in [0.2, 0.25) is 53.2 Å². The van der Waals surface area contributed by atoms with Crippen molar-refractivity contribution in [3.63, 3.8) is 0 Å². The summed E-state index contributed by atoms with van der Waals surface area (Å²) in [6, 6.07) is -12.4. The zero-order valence-electron chi connectivity index (χ0n) is 43.6. The fraction of sp³-hybridized carbons (Fsp3) is 0.739. The van der Waals surface area contributed by atoms with E-state index in [0.29, 0.717) is 32.2 Å². The first-order valence-corrected chi connectivity index (χ1v) is 26.3. The van der Waals surface area contributed by atoms with Gasteiger partial charge in [-0.2, -0.15) is 12.6 Å². The van der Waals surface area contributed by atoms with Crippen LogP contribution in [0.25, 0.3) is 0 Å². The monoisotopic (exact) mass is 1100 g/mol. The summed E-state index contributed by atoms with van der Waals surface area (Å²) in [7, 11) is 0. The summed E-state index contributed by atoms with van der Waals surface area (Å²) in [6.45, 7) is 6.15. The van der Waals surface area contributed by atoms with Crippen molar-refractivity contribution in [2.75, 3.05) is 45.1 Å². The van der Waals surface area contributed by atoms with Crippen molar-refractivity contribution >= 4 is 83.7 Å². The van der Waals surface area contributed by atoms with Crippen molar-refractivity contribution in [3.05, 3.63) is 0 Å². The van der Waals surface area contributed by atoms with E-state index in [4.69, 9.17) is 22.9 Å². The Morgan fingerprint density at radius 1 is 0.645 bits per heavy atom. The molecule has 3 aliphatic heterocycles. The molecule has 3 fully saturated rings. The molecule has 0 radical (unpaired) electrons. The van der Waals surface area contributed by atoms with Gasteiger partial charge in [-0.3, -0.25) is 53.1 Å². The lowest BCUT2D eigenvalue weighted by atomic mass is 9.96. The van der Waals surface area contributed by atoms with Gasteiger partial charge in [0.1, 0.15) is 54.4 Å². The van der Waals surface area contributed by atoms with Crippen LogP contribution in [0.1, 0.15) is 98.3 Å². The van der Waals surface area contributed by atoms with Gasteiger partial charge in [0.05, 0.1) is 18.8 Å². The van der Waals surface area contributed by atoms with E-state index < -0.39 is 138 Å². The molecule has 19 N–H and O–H groups in total. The number of aliphatic hydroxyl groups is 2. The number of hydrogen-bond acceptors (Lipinski definition) is 16. The van der Waals surface area contributed by atoms with E-state index in [-0.39, 0.29) is 82.4 Å². The van der Waals surface area contributed by atoms with E-state index in [2.05, 4.69) is 65.1 Å². The molecule has 3 aliphatic rings. The van der Waals surface area contributed by atoms with Gasteiger partial charge in [-0.05, 0) is 90.5 Å². The highest BCUT2D eigenvalue weighted by molar-refractivity contribution is 7.80. The van der Waals surface area contributed by atoms with Crippen molar-refractivity contribution in [1.82, 2.24) is 52.3 Å². The Bertz CT molecular complexity index is 2110. The normalized spacial score (nSPS) is 20.6. The number of hydrogen-bond donors (Lipinski definition) is 16. The number of nitrogens with zero attached hydrogens (tertiary/aromatic N) is 4. The van der Waals surface area contributed by atoms with Crippen molar-refractivity contribution in [2.24, 2.45) is 38.8 Å². The Morgan fingerprint density at radius 3 is 1.72 bits per heavy atom. The smallest absolute Gasteiger partial charge is 0.326 e. The number of carboxylic acids is 1. The molecule has 0 aliphatic carbocycles.